The molecule has 0 spiro atoms. The van der Waals surface area contributed by atoms with Crippen LogP contribution in [0.1, 0.15) is 39.7 Å². The van der Waals surface area contributed by atoms with Crippen molar-refractivity contribution in [3.63, 3.8) is 0 Å². The summed E-state index contributed by atoms with van der Waals surface area (Å²) in [6.07, 6.45) is 1.59. The maximum atomic E-state index is 9.02. The molecule has 0 N–H and O–H groups in total. The van der Waals surface area contributed by atoms with E-state index >= 15 is 0 Å². The topological polar surface area (TPSA) is 58.0 Å². The van der Waals surface area contributed by atoms with Gasteiger partial charge in [-0.3, -0.25) is 0 Å². The number of azide groups is 1. The van der Waals surface area contributed by atoms with Crippen LogP contribution in [-0.2, 0) is 10.8 Å². The van der Waals surface area contributed by atoms with Gasteiger partial charge in [-0.25, -0.2) is 0 Å². The Bertz CT molecular complexity index is 806. The Morgan fingerprint density at radius 2 is 1.59 bits per heavy atom. The average molecular weight is 410 g/mol. The van der Waals surface area contributed by atoms with Crippen molar-refractivity contribution in [3.8, 4) is 11.1 Å². The van der Waals surface area contributed by atoms with Crippen molar-refractivity contribution in [1.29, 1.82) is 0 Å². The molecule has 0 aliphatic rings. The molecule has 156 valence electrons. The van der Waals surface area contributed by atoms with Crippen molar-refractivity contribution >= 4 is 8.32 Å². The molecule has 4 nitrogen and oxygen atoms in total. The van der Waals surface area contributed by atoms with E-state index in [1.165, 1.54) is 16.7 Å². The first-order valence-electron chi connectivity index (χ1n) is 10.4. The fourth-order valence-corrected chi connectivity index (χ4v) is 4.21. The first kappa shape index (κ1) is 23.2. The largest absolute Gasteiger partial charge is 0.417 e. The minimum absolute atomic E-state index is 0.0550. The molecule has 0 aliphatic heterocycles. The highest BCUT2D eigenvalue weighted by Gasteiger charge is 2.37. The van der Waals surface area contributed by atoms with Crippen molar-refractivity contribution in [2.24, 2.45) is 11.0 Å². The summed E-state index contributed by atoms with van der Waals surface area (Å²) >= 11 is 0. The first-order chi connectivity index (χ1) is 13.6. The van der Waals surface area contributed by atoms with Gasteiger partial charge in [0.05, 0.1) is 0 Å². The molecular weight excluding hydrogens is 374 g/mol. The van der Waals surface area contributed by atoms with Gasteiger partial charge in [-0.15, -0.1) is 0 Å². The highest BCUT2D eigenvalue weighted by Crippen LogP contribution is 2.37. The monoisotopic (exact) mass is 409 g/mol. The predicted octanol–water partition coefficient (Wildman–Crippen LogP) is 7.62. The number of hydrogen-bond donors (Lipinski definition) is 0. The summed E-state index contributed by atoms with van der Waals surface area (Å²) in [4.78, 5) is 3.09. The quantitative estimate of drug-likeness (QED) is 0.182. The molecule has 0 aromatic heterocycles. The Morgan fingerprint density at radius 3 is 2.14 bits per heavy atom. The fraction of sp³-hybridized carbons (Fsp3) is 0.500. The summed E-state index contributed by atoms with van der Waals surface area (Å²) in [5.74, 6) is 0.350. The van der Waals surface area contributed by atoms with Crippen molar-refractivity contribution in [2.75, 3.05) is 6.61 Å². The Morgan fingerprint density at radius 1 is 1.00 bits per heavy atom. The Balaban J connectivity index is 1.97. The summed E-state index contributed by atoms with van der Waals surface area (Å²) in [6.45, 7) is 14.2. The molecule has 0 unspecified atom stereocenters. The van der Waals surface area contributed by atoms with Crippen molar-refractivity contribution in [3.05, 3.63) is 70.6 Å². The number of benzene rings is 2. The van der Waals surface area contributed by atoms with Gasteiger partial charge in [-0.1, -0.05) is 87.4 Å². The fourth-order valence-electron chi connectivity index (χ4n) is 3.08. The van der Waals surface area contributed by atoms with E-state index in [1.54, 1.807) is 0 Å². The van der Waals surface area contributed by atoms with E-state index in [9.17, 15) is 0 Å². The molecule has 0 amide bonds. The molecule has 0 radical (unpaired) electrons. The van der Waals surface area contributed by atoms with E-state index in [-0.39, 0.29) is 11.1 Å². The second-order valence-electron chi connectivity index (χ2n) is 9.54. The van der Waals surface area contributed by atoms with E-state index in [4.69, 9.17) is 9.96 Å². The molecule has 2 atom stereocenters. The molecule has 5 heteroatoms. The van der Waals surface area contributed by atoms with Crippen LogP contribution in [0, 0.1) is 5.92 Å². The van der Waals surface area contributed by atoms with Crippen molar-refractivity contribution in [1.82, 2.24) is 0 Å². The zero-order valence-corrected chi connectivity index (χ0v) is 19.7. The van der Waals surface area contributed by atoms with Gasteiger partial charge in [0.25, 0.3) is 0 Å². The molecule has 29 heavy (non-hydrogen) atoms. The lowest BCUT2D eigenvalue weighted by Gasteiger charge is -2.37. The van der Waals surface area contributed by atoms with E-state index in [0.29, 0.717) is 5.92 Å². The molecule has 0 heterocycles. The van der Waals surface area contributed by atoms with Crippen LogP contribution in [0.2, 0.25) is 18.1 Å². The van der Waals surface area contributed by atoms with Crippen molar-refractivity contribution in [2.45, 2.75) is 64.7 Å². The third-order valence-electron chi connectivity index (χ3n) is 5.96. The van der Waals surface area contributed by atoms with E-state index in [2.05, 4.69) is 87.2 Å². The van der Waals surface area contributed by atoms with Crippen LogP contribution in [0.5, 0.6) is 0 Å². The third-order valence-corrected chi connectivity index (χ3v) is 10.5. The van der Waals surface area contributed by atoms with Gasteiger partial charge in [0.2, 0.25) is 0 Å². The minimum atomic E-state index is -1.75. The SMILES string of the molecule is C[C@@H](CO[Si](C)(C)C(C)(C)C)C[C@@H](Cc1ccc(-c2ccccc2)cc1)N=[N+]=[N-]. The van der Waals surface area contributed by atoms with Crippen LogP contribution in [-0.4, -0.2) is 21.0 Å². The second-order valence-corrected chi connectivity index (χ2v) is 14.3. The van der Waals surface area contributed by atoms with Crippen LogP contribution >= 0.6 is 0 Å². The molecule has 0 saturated carbocycles. The van der Waals surface area contributed by atoms with Gasteiger partial charge in [-0.05, 0) is 59.1 Å². The van der Waals surface area contributed by atoms with Gasteiger partial charge in [0, 0.05) is 17.6 Å². The Labute approximate surface area is 177 Å². The van der Waals surface area contributed by atoms with Crippen LogP contribution in [0.15, 0.2) is 59.7 Å². The molecule has 0 saturated heterocycles. The lowest BCUT2D eigenvalue weighted by Crippen LogP contribution is -2.42. The molecule has 2 rings (SSSR count). The molecule has 0 fully saturated rings. The Kier molecular flexibility index (Phi) is 8.09. The third kappa shape index (κ3) is 7.04. The van der Waals surface area contributed by atoms with E-state index < -0.39 is 8.32 Å². The summed E-state index contributed by atoms with van der Waals surface area (Å²) in [5.41, 5.74) is 12.6. The first-order valence-corrected chi connectivity index (χ1v) is 13.4. The number of rotatable bonds is 9. The summed E-state index contributed by atoms with van der Waals surface area (Å²) in [7, 11) is -1.75. The molecule has 2 aromatic carbocycles. The number of nitrogens with zero attached hydrogens (tertiary/aromatic N) is 3. The highest BCUT2D eigenvalue weighted by molar-refractivity contribution is 6.74. The predicted molar refractivity (Wildman–Crippen MR) is 125 cm³/mol. The maximum absolute atomic E-state index is 9.02. The number of hydrogen-bond acceptors (Lipinski definition) is 2. The van der Waals surface area contributed by atoms with E-state index in [0.717, 1.165) is 19.4 Å². The summed E-state index contributed by atoms with van der Waals surface area (Å²) in [5, 5.41) is 4.28. The van der Waals surface area contributed by atoms with Gasteiger partial charge >= 0.3 is 0 Å². The summed E-state index contributed by atoms with van der Waals surface area (Å²) < 4.78 is 6.35. The lowest BCUT2D eigenvalue weighted by molar-refractivity contribution is 0.224. The smallest absolute Gasteiger partial charge is 0.191 e. The van der Waals surface area contributed by atoms with E-state index in [1.807, 2.05) is 18.2 Å². The van der Waals surface area contributed by atoms with Gasteiger partial charge in [0.15, 0.2) is 8.32 Å². The van der Waals surface area contributed by atoms with Gasteiger partial charge in [0.1, 0.15) is 0 Å². The van der Waals surface area contributed by atoms with Crippen LogP contribution < -0.4 is 0 Å². The molecular formula is C24H35N3OSi. The van der Waals surface area contributed by atoms with Gasteiger partial charge < -0.3 is 4.43 Å². The Hall–Kier alpha value is -2.07. The lowest BCUT2D eigenvalue weighted by atomic mass is 9.96. The standard InChI is InChI=1S/C24H35N3OSi/c1-19(18-28-29(5,6)24(2,3)4)16-23(26-27-25)17-20-12-14-22(15-13-20)21-10-8-7-9-11-21/h7-15,19,23H,16-18H2,1-6H3/t19-,23+/m1/s1. The summed E-state index contributed by atoms with van der Waals surface area (Å²) in [6, 6.07) is 18.9. The van der Waals surface area contributed by atoms with Crippen LogP contribution in [0.25, 0.3) is 21.6 Å². The van der Waals surface area contributed by atoms with Crippen LogP contribution in [0.3, 0.4) is 0 Å². The average Bonchev–Trinajstić information content (AvgIpc) is 2.67. The van der Waals surface area contributed by atoms with Crippen LogP contribution in [0.4, 0.5) is 0 Å². The molecule has 2 aromatic rings. The highest BCUT2D eigenvalue weighted by atomic mass is 28.4. The second kappa shape index (κ2) is 10.1. The zero-order valence-electron chi connectivity index (χ0n) is 18.7. The normalized spacial score (nSPS) is 14.1. The molecule has 0 bridgehead atoms. The van der Waals surface area contributed by atoms with Crippen molar-refractivity contribution < 1.29 is 4.43 Å². The minimum Gasteiger partial charge on any atom is -0.417 e. The molecule has 0 aliphatic carbocycles. The zero-order chi connectivity index (χ0) is 21.5. The van der Waals surface area contributed by atoms with Gasteiger partial charge in [-0.2, -0.15) is 0 Å². The maximum Gasteiger partial charge on any atom is 0.191 e.